The number of methoxy groups -OCH3 is 3. The molecule has 0 aliphatic carbocycles. The molecule has 6 heteroatoms. The van der Waals surface area contributed by atoms with Crippen LogP contribution in [0.4, 0.5) is 0 Å². The van der Waals surface area contributed by atoms with Gasteiger partial charge in [0, 0.05) is 31.8 Å². The zero-order valence-corrected chi connectivity index (χ0v) is 17.3. The maximum Gasteiger partial charge on any atom is 0.255 e. The minimum absolute atomic E-state index is 0.159. The molecule has 0 spiro atoms. The summed E-state index contributed by atoms with van der Waals surface area (Å²) in [7, 11) is 4.65. The van der Waals surface area contributed by atoms with Crippen LogP contribution >= 0.6 is 0 Å². The summed E-state index contributed by atoms with van der Waals surface area (Å²) < 4.78 is 15.9. The molecule has 1 saturated heterocycles. The Morgan fingerprint density at radius 1 is 1.00 bits per heavy atom. The number of carbonyl (C=O) groups excluding carboxylic acids is 1. The van der Waals surface area contributed by atoms with Crippen LogP contribution < -0.4 is 19.5 Å². The Kier molecular flexibility index (Phi) is 8.23. The van der Waals surface area contributed by atoms with Gasteiger partial charge in [0.05, 0.1) is 26.9 Å². The normalized spacial score (nSPS) is 20.2. The lowest BCUT2D eigenvalue weighted by Gasteiger charge is -2.34. The van der Waals surface area contributed by atoms with Crippen LogP contribution in [0.3, 0.4) is 0 Å². The molecule has 2 unspecified atom stereocenters. The first-order valence-electron chi connectivity index (χ1n) is 9.79. The van der Waals surface area contributed by atoms with Crippen molar-refractivity contribution < 1.29 is 19.0 Å². The lowest BCUT2D eigenvalue weighted by molar-refractivity contribution is 0.0948. The highest BCUT2D eigenvalue weighted by molar-refractivity contribution is 5.97. The summed E-state index contributed by atoms with van der Waals surface area (Å²) in [6, 6.07) is 3.33. The van der Waals surface area contributed by atoms with Crippen LogP contribution in [0.1, 0.15) is 43.5 Å². The van der Waals surface area contributed by atoms with Crippen molar-refractivity contribution in [2.75, 3.05) is 47.5 Å². The van der Waals surface area contributed by atoms with Gasteiger partial charge in [-0.15, -0.1) is 0 Å². The van der Waals surface area contributed by atoms with Gasteiger partial charge in [0.1, 0.15) is 5.75 Å². The fraction of sp³-hybridized carbons (Fsp3) is 0.667. The first kappa shape index (κ1) is 21.4. The Morgan fingerprint density at radius 3 is 2.19 bits per heavy atom. The quantitative estimate of drug-likeness (QED) is 0.669. The molecule has 1 aromatic rings. The number of hydrogen-bond acceptors (Lipinski definition) is 5. The third-order valence-electron chi connectivity index (χ3n) is 5.08. The Labute approximate surface area is 163 Å². The molecule has 0 saturated carbocycles. The lowest BCUT2D eigenvalue weighted by atomic mass is 9.92. The summed E-state index contributed by atoms with van der Waals surface area (Å²) in [6.45, 7) is 8.80. The van der Waals surface area contributed by atoms with Gasteiger partial charge >= 0.3 is 0 Å². The number of nitrogens with zero attached hydrogens (tertiary/aromatic N) is 1. The molecule has 0 radical (unpaired) electrons. The van der Waals surface area contributed by atoms with Gasteiger partial charge in [0.15, 0.2) is 11.5 Å². The minimum atomic E-state index is -0.159. The fourth-order valence-corrected chi connectivity index (χ4v) is 3.94. The van der Waals surface area contributed by atoms with Crippen molar-refractivity contribution in [1.82, 2.24) is 10.2 Å². The van der Waals surface area contributed by atoms with Gasteiger partial charge in [-0.3, -0.25) is 4.79 Å². The van der Waals surface area contributed by atoms with Gasteiger partial charge in [0.25, 0.3) is 5.91 Å². The fourth-order valence-electron chi connectivity index (χ4n) is 3.94. The zero-order chi connectivity index (χ0) is 19.8. The van der Waals surface area contributed by atoms with E-state index in [2.05, 4.69) is 24.1 Å². The smallest absolute Gasteiger partial charge is 0.255 e. The average Bonchev–Trinajstić information content (AvgIpc) is 2.65. The number of nitrogens with one attached hydrogen (secondary N) is 1. The van der Waals surface area contributed by atoms with E-state index in [1.54, 1.807) is 33.5 Å². The second-order valence-electron chi connectivity index (χ2n) is 7.58. The number of unbranched alkanes of at least 4 members (excludes halogenated alkanes) is 1. The molecule has 1 heterocycles. The van der Waals surface area contributed by atoms with E-state index < -0.39 is 0 Å². The van der Waals surface area contributed by atoms with Crippen molar-refractivity contribution in [3.8, 4) is 17.2 Å². The van der Waals surface area contributed by atoms with E-state index in [0.717, 1.165) is 31.2 Å². The Balaban J connectivity index is 1.82. The van der Waals surface area contributed by atoms with Crippen molar-refractivity contribution in [2.45, 2.75) is 33.1 Å². The molecule has 1 aliphatic heterocycles. The van der Waals surface area contributed by atoms with Crippen molar-refractivity contribution in [2.24, 2.45) is 11.8 Å². The average molecular weight is 379 g/mol. The molecule has 1 aliphatic rings. The van der Waals surface area contributed by atoms with Crippen molar-refractivity contribution in [1.29, 1.82) is 0 Å². The summed E-state index contributed by atoms with van der Waals surface area (Å²) in [5, 5.41) is 2.98. The van der Waals surface area contributed by atoms with Crippen molar-refractivity contribution in [3.05, 3.63) is 17.7 Å². The maximum atomic E-state index is 12.5. The number of hydrogen-bond donors (Lipinski definition) is 1. The van der Waals surface area contributed by atoms with Crippen molar-refractivity contribution >= 4 is 5.91 Å². The molecule has 1 N–H and O–H groups in total. The summed E-state index contributed by atoms with van der Waals surface area (Å²) in [6.07, 6.45) is 3.38. The van der Waals surface area contributed by atoms with Crippen LogP contribution in [0.15, 0.2) is 12.1 Å². The van der Waals surface area contributed by atoms with Crippen LogP contribution in [0, 0.1) is 11.8 Å². The van der Waals surface area contributed by atoms with Gasteiger partial charge in [-0.1, -0.05) is 13.8 Å². The van der Waals surface area contributed by atoms with E-state index in [9.17, 15) is 4.79 Å². The van der Waals surface area contributed by atoms with E-state index in [-0.39, 0.29) is 5.91 Å². The number of rotatable bonds is 9. The Morgan fingerprint density at radius 2 is 1.59 bits per heavy atom. The zero-order valence-electron chi connectivity index (χ0n) is 17.3. The molecule has 1 amide bonds. The number of carbonyl (C=O) groups is 1. The highest BCUT2D eigenvalue weighted by Crippen LogP contribution is 2.34. The van der Waals surface area contributed by atoms with Crippen molar-refractivity contribution in [3.63, 3.8) is 0 Å². The van der Waals surface area contributed by atoms with Gasteiger partial charge in [-0.25, -0.2) is 0 Å². The topological polar surface area (TPSA) is 60.0 Å². The van der Waals surface area contributed by atoms with E-state index in [0.29, 0.717) is 29.4 Å². The molecule has 1 aromatic carbocycles. The van der Waals surface area contributed by atoms with E-state index in [1.165, 1.54) is 19.5 Å². The van der Waals surface area contributed by atoms with E-state index >= 15 is 0 Å². The second-order valence-corrected chi connectivity index (χ2v) is 7.58. The molecular formula is C21H34N2O4. The van der Waals surface area contributed by atoms with Crippen LogP contribution in [-0.2, 0) is 0 Å². The van der Waals surface area contributed by atoms with Gasteiger partial charge < -0.3 is 24.4 Å². The number of amides is 1. The number of benzene rings is 1. The van der Waals surface area contributed by atoms with E-state index in [1.807, 2.05) is 0 Å². The van der Waals surface area contributed by atoms with Gasteiger partial charge in [-0.2, -0.15) is 0 Å². The molecule has 2 rings (SSSR count). The molecule has 152 valence electrons. The summed E-state index contributed by atoms with van der Waals surface area (Å²) >= 11 is 0. The van der Waals surface area contributed by atoms with Gasteiger partial charge in [-0.05, 0) is 37.6 Å². The first-order valence-corrected chi connectivity index (χ1v) is 9.79. The molecule has 6 nitrogen and oxygen atoms in total. The van der Waals surface area contributed by atoms with Crippen LogP contribution in [0.25, 0.3) is 0 Å². The maximum absolute atomic E-state index is 12.5. The summed E-state index contributed by atoms with van der Waals surface area (Å²) in [5.41, 5.74) is 0.453. The number of likely N-dealkylation sites (tertiary alicyclic amines) is 1. The molecule has 0 bridgehead atoms. The Hall–Kier alpha value is -1.95. The van der Waals surface area contributed by atoms with Crippen LogP contribution in [-0.4, -0.2) is 58.3 Å². The molecule has 0 aromatic heterocycles. The molecular weight excluding hydrogens is 344 g/mol. The molecule has 2 atom stereocenters. The largest absolute Gasteiger partial charge is 0.496 e. The predicted molar refractivity (Wildman–Crippen MR) is 107 cm³/mol. The third kappa shape index (κ3) is 6.03. The summed E-state index contributed by atoms with van der Waals surface area (Å²) in [5.74, 6) is 2.93. The lowest BCUT2D eigenvalue weighted by Crippen LogP contribution is -2.39. The monoisotopic (exact) mass is 378 g/mol. The molecule has 27 heavy (non-hydrogen) atoms. The van der Waals surface area contributed by atoms with Gasteiger partial charge in [0.2, 0.25) is 0 Å². The summed E-state index contributed by atoms with van der Waals surface area (Å²) in [4.78, 5) is 15.1. The Bertz CT molecular complexity index is 610. The standard InChI is InChI=1S/C21H34N2O4/c1-15-10-16(2)14-23(13-15)9-7-6-8-22-21(24)17-11-19(26-4)20(27-5)12-18(17)25-3/h11-12,15-16H,6-10,13-14H2,1-5H3,(H,22,24). The predicted octanol–water partition coefficient (Wildman–Crippen LogP) is 3.20. The highest BCUT2D eigenvalue weighted by Gasteiger charge is 2.21. The number of ether oxygens (including phenoxy) is 3. The minimum Gasteiger partial charge on any atom is -0.496 e. The van der Waals surface area contributed by atoms with E-state index in [4.69, 9.17) is 14.2 Å². The number of piperidine rings is 1. The first-order chi connectivity index (χ1) is 13.0. The third-order valence-corrected chi connectivity index (χ3v) is 5.08. The SMILES string of the molecule is COc1cc(OC)c(C(=O)NCCCCN2CC(C)CC(C)C2)cc1OC. The van der Waals surface area contributed by atoms with Crippen LogP contribution in [0.5, 0.6) is 17.2 Å². The molecule has 1 fully saturated rings. The second kappa shape index (κ2) is 10.4. The highest BCUT2D eigenvalue weighted by atomic mass is 16.5. The van der Waals surface area contributed by atoms with Crippen LogP contribution in [0.2, 0.25) is 0 Å².